The van der Waals surface area contributed by atoms with Crippen LogP contribution in [0.25, 0.3) is 0 Å². The predicted octanol–water partition coefficient (Wildman–Crippen LogP) is 3.32. The number of hydrazone groups is 1. The van der Waals surface area contributed by atoms with Gasteiger partial charge in [-0.1, -0.05) is 12.1 Å². The van der Waals surface area contributed by atoms with Gasteiger partial charge in [0.1, 0.15) is 5.69 Å². The van der Waals surface area contributed by atoms with Crippen molar-refractivity contribution >= 4 is 23.2 Å². The maximum atomic E-state index is 12.4. The first-order chi connectivity index (χ1) is 16.6. The van der Waals surface area contributed by atoms with E-state index < -0.39 is 0 Å². The summed E-state index contributed by atoms with van der Waals surface area (Å²) in [6.07, 6.45) is 6.01. The molecule has 0 radical (unpaired) electrons. The molecule has 0 unspecified atom stereocenters. The molecule has 0 spiro atoms. The Bertz CT molecular complexity index is 1200. The number of aromatic nitrogens is 2. The zero-order valence-corrected chi connectivity index (χ0v) is 19.0. The summed E-state index contributed by atoms with van der Waals surface area (Å²) < 4.78 is 10.7. The van der Waals surface area contributed by atoms with Gasteiger partial charge in [0, 0.05) is 43.0 Å². The number of carbonyl (C=O) groups is 2. The Kier molecular flexibility index (Phi) is 7.12. The van der Waals surface area contributed by atoms with Crippen LogP contribution in [0.2, 0.25) is 0 Å². The second-order valence-corrected chi connectivity index (χ2v) is 7.63. The van der Waals surface area contributed by atoms with Crippen molar-refractivity contribution in [2.24, 2.45) is 5.10 Å². The molecule has 0 saturated heterocycles. The van der Waals surface area contributed by atoms with Crippen molar-refractivity contribution in [2.45, 2.75) is 19.3 Å². The SMILES string of the molecule is COc1ccc(C2=NN(CCc3ccc(NC(=O)c4cnccn4)cc3)C(=O)CC2)cc1OC. The van der Waals surface area contributed by atoms with Crippen molar-refractivity contribution in [2.75, 3.05) is 26.1 Å². The summed E-state index contributed by atoms with van der Waals surface area (Å²) in [6, 6.07) is 13.1. The van der Waals surface area contributed by atoms with Gasteiger partial charge in [0.2, 0.25) is 5.91 Å². The molecule has 1 aliphatic heterocycles. The van der Waals surface area contributed by atoms with E-state index in [2.05, 4.69) is 20.4 Å². The summed E-state index contributed by atoms with van der Waals surface area (Å²) >= 11 is 0. The number of nitrogens with one attached hydrogen (secondary N) is 1. The molecule has 1 aliphatic rings. The number of carbonyl (C=O) groups excluding carboxylic acids is 2. The van der Waals surface area contributed by atoms with E-state index in [4.69, 9.17) is 9.47 Å². The number of hydrogen-bond donors (Lipinski definition) is 1. The number of amides is 2. The Morgan fingerprint density at radius 3 is 2.53 bits per heavy atom. The molecule has 0 atom stereocenters. The molecule has 4 rings (SSSR count). The molecule has 0 aliphatic carbocycles. The number of methoxy groups -OCH3 is 2. The van der Waals surface area contributed by atoms with Gasteiger partial charge in [-0.15, -0.1) is 0 Å². The molecule has 0 fully saturated rings. The zero-order chi connectivity index (χ0) is 23.9. The minimum absolute atomic E-state index is 0.00270. The second kappa shape index (κ2) is 10.6. The van der Waals surface area contributed by atoms with Crippen molar-refractivity contribution in [1.82, 2.24) is 15.0 Å². The monoisotopic (exact) mass is 459 g/mol. The van der Waals surface area contributed by atoms with Gasteiger partial charge >= 0.3 is 0 Å². The van der Waals surface area contributed by atoms with Crippen LogP contribution in [0, 0.1) is 0 Å². The first-order valence-electron chi connectivity index (χ1n) is 10.8. The summed E-state index contributed by atoms with van der Waals surface area (Å²) in [5.74, 6) is 0.943. The molecule has 2 amide bonds. The fraction of sp³-hybridized carbons (Fsp3) is 0.240. The van der Waals surface area contributed by atoms with Gasteiger partial charge in [0.15, 0.2) is 11.5 Å². The van der Waals surface area contributed by atoms with Crippen molar-refractivity contribution in [1.29, 1.82) is 0 Å². The van der Waals surface area contributed by atoms with E-state index in [1.807, 2.05) is 42.5 Å². The van der Waals surface area contributed by atoms with Crippen LogP contribution >= 0.6 is 0 Å². The van der Waals surface area contributed by atoms with Crippen molar-refractivity contribution < 1.29 is 19.1 Å². The van der Waals surface area contributed by atoms with Crippen LogP contribution in [0.5, 0.6) is 11.5 Å². The van der Waals surface area contributed by atoms with Gasteiger partial charge in [-0.25, -0.2) is 9.99 Å². The predicted molar refractivity (Wildman–Crippen MR) is 127 cm³/mol. The van der Waals surface area contributed by atoms with E-state index in [0.717, 1.165) is 16.8 Å². The molecule has 1 aromatic heterocycles. The number of nitrogens with zero attached hydrogens (tertiary/aromatic N) is 4. The molecule has 2 aromatic carbocycles. The summed E-state index contributed by atoms with van der Waals surface area (Å²) in [4.78, 5) is 32.5. The Morgan fingerprint density at radius 2 is 1.82 bits per heavy atom. The molecule has 3 aromatic rings. The van der Waals surface area contributed by atoms with Crippen LogP contribution in [-0.4, -0.2) is 53.3 Å². The minimum Gasteiger partial charge on any atom is -0.493 e. The Morgan fingerprint density at radius 1 is 1.03 bits per heavy atom. The average Bonchev–Trinajstić information content (AvgIpc) is 2.89. The lowest BCUT2D eigenvalue weighted by Gasteiger charge is -2.24. The highest BCUT2D eigenvalue weighted by Crippen LogP contribution is 2.29. The van der Waals surface area contributed by atoms with Gasteiger partial charge in [0.05, 0.1) is 26.1 Å². The highest BCUT2D eigenvalue weighted by molar-refractivity contribution is 6.04. The van der Waals surface area contributed by atoms with E-state index in [9.17, 15) is 9.59 Å². The molecule has 9 heteroatoms. The largest absolute Gasteiger partial charge is 0.493 e. The number of rotatable bonds is 8. The number of hydrogen-bond acceptors (Lipinski definition) is 7. The van der Waals surface area contributed by atoms with Crippen LogP contribution in [-0.2, 0) is 11.2 Å². The minimum atomic E-state index is -0.322. The van der Waals surface area contributed by atoms with Crippen LogP contribution < -0.4 is 14.8 Å². The van der Waals surface area contributed by atoms with E-state index in [1.165, 1.54) is 23.6 Å². The quantitative estimate of drug-likeness (QED) is 0.554. The third kappa shape index (κ3) is 5.37. The van der Waals surface area contributed by atoms with Gasteiger partial charge in [0.25, 0.3) is 5.91 Å². The number of ether oxygens (including phenoxy) is 2. The molecule has 0 saturated carbocycles. The van der Waals surface area contributed by atoms with Gasteiger partial charge < -0.3 is 14.8 Å². The Hall–Kier alpha value is -4.27. The fourth-order valence-corrected chi connectivity index (χ4v) is 3.60. The average molecular weight is 460 g/mol. The summed E-state index contributed by atoms with van der Waals surface area (Å²) in [7, 11) is 3.18. The summed E-state index contributed by atoms with van der Waals surface area (Å²) in [5.41, 5.74) is 3.67. The van der Waals surface area contributed by atoms with Crippen LogP contribution in [0.15, 0.2) is 66.2 Å². The fourth-order valence-electron chi connectivity index (χ4n) is 3.60. The lowest BCUT2D eigenvalue weighted by molar-refractivity contribution is -0.131. The standard InChI is InChI=1S/C25H25N5O4/c1-33-22-9-5-18(15-23(22)34-2)20-8-10-24(31)30(29-20)14-11-17-3-6-19(7-4-17)28-25(32)21-16-26-12-13-27-21/h3-7,9,12-13,15-16H,8,10-11,14H2,1-2H3,(H,28,32). The first kappa shape index (κ1) is 22.9. The number of benzene rings is 2. The molecule has 0 bridgehead atoms. The lowest BCUT2D eigenvalue weighted by Crippen LogP contribution is -2.33. The van der Waals surface area contributed by atoms with E-state index in [-0.39, 0.29) is 17.5 Å². The summed E-state index contributed by atoms with van der Waals surface area (Å²) in [5, 5.41) is 8.92. The highest BCUT2D eigenvalue weighted by Gasteiger charge is 2.22. The smallest absolute Gasteiger partial charge is 0.275 e. The van der Waals surface area contributed by atoms with Crippen LogP contribution in [0.3, 0.4) is 0 Å². The highest BCUT2D eigenvalue weighted by atomic mass is 16.5. The Labute approximate surface area is 197 Å². The van der Waals surface area contributed by atoms with Gasteiger partial charge in [-0.2, -0.15) is 5.10 Å². The molecule has 2 heterocycles. The van der Waals surface area contributed by atoms with E-state index in [1.54, 1.807) is 14.2 Å². The lowest BCUT2D eigenvalue weighted by atomic mass is 10.0. The Balaban J connectivity index is 1.39. The van der Waals surface area contributed by atoms with Crippen molar-refractivity contribution in [3.63, 3.8) is 0 Å². The normalized spacial score (nSPS) is 13.3. The summed E-state index contributed by atoms with van der Waals surface area (Å²) in [6.45, 7) is 0.459. The molecule has 1 N–H and O–H groups in total. The van der Waals surface area contributed by atoms with Crippen molar-refractivity contribution in [3.05, 3.63) is 77.9 Å². The maximum Gasteiger partial charge on any atom is 0.275 e. The van der Waals surface area contributed by atoms with Crippen LogP contribution in [0.1, 0.15) is 34.5 Å². The number of anilines is 1. The molecule has 9 nitrogen and oxygen atoms in total. The topological polar surface area (TPSA) is 106 Å². The van der Waals surface area contributed by atoms with E-state index >= 15 is 0 Å². The molecule has 174 valence electrons. The third-order valence-corrected chi connectivity index (χ3v) is 5.44. The zero-order valence-electron chi connectivity index (χ0n) is 19.0. The van der Waals surface area contributed by atoms with E-state index in [0.29, 0.717) is 43.0 Å². The third-order valence-electron chi connectivity index (χ3n) is 5.44. The molecular formula is C25H25N5O4. The van der Waals surface area contributed by atoms with Crippen LogP contribution in [0.4, 0.5) is 5.69 Å². The van der Waals surface area contributed by atoms with Crippen molar-refractivity contribution in [3.8, 4) is 11.5 Å². The van der Waals surface area contributed by atoms with Gasteiger partial charge in [-0.05, 0) is 42.3 Å². The molecular weight excluding hydrogens is 434 g/mol. The second-order valence-electron chi connectivity index (χ2n) is 7.63. The molecule has 34 heavy (non-hydrogen) atoms. The first-order valence-corrected chi connectivity index (χ1v) is 10.8. The maximum absolute atomic E-state index is 12.4. The van der Waals surface area contributed by atoms with Gasteiger partial charge in [-0.3, -0.25) is 14.6 Å².